The summed E-state index contributed by atoms with van der Waals surface area (Å²) in [6.45, 7) is 5.21. The van der Waals surface area contributed by atoms with Crippen molar-refractivity contribution in [2.75, 3.05) is 13.2 Å². The van der Waals surface area contributed by atoms with Gasteiger partial charge in [0, 0.05) is 0 Å². The molecule has 42 heavy (non-hydrogen) atoms. The minimum absolute atomic E-state index is 0.345. The first-order chi connectivity index (χ1) is 20.6. The fraction of sp³-hybridized carbons (Fsp3) is 0.564. The van der Waals surface area contributed by atoms with Gasteiger partial charge in [-0.15, -0.1) is 0 Å². The number of carbonyl (C=O) groups excluding carboxylic acids is 1. The van der Waals surface area contributed by atoms with E-state index in [4.69, 9.17) is 9.47 Å². The molecule has 0 N–H and O–H groups in total. The molecular weight excluding hydrogens is 516 g/mol. The topological polar surface area (TPSA) is 35.5 Å². The van der Waals surface area contributed by atoms with Crippen LogP contribution in [-0.4, -0.2) is 19.4 Å². The van der Waals surface area contributed by atoms with Crippen LogP contribution in [0.15, 0.2) is 71.8 Å². The van der Waals surface area contributed by atoms with Gasteiger partial charge in [-0.1, -0.05) is 113 Å². The van der Waals surface area contributed by atoms with Crippen molar-refractivity contribution in [3.8, 4) is 0 Å². The van der Waals surface area contributed by atoms with Crippen molar-refractivity contribution in [3.63, 3.8) is 0 Å². The Morgan fingerprint density at radius 2 is 1.05 bits per heavy atom. The van der Waals surface area contributed by atoms with E-state index in [-0.39, 0.29) is 0 Å². The molecule has 2 unspecified atom stereocenters. The molecule has 0 spiro atoms. The quantitative estimate of drug-likeness (QED) is 0.114. The summed E-state index contributed by atoms with van der Waals surface area (Å²) >= 11 is 0. The van der Waals surface area contributed by atoms with Gasteiger partial charge in [0.15, 0.2) is 0 Å². The molecule has 2 aliphatic rings. The minimum atomic E-state index is -0.551. The molecule has 0 bridgehead atoms. The van der Waals surface area contributed by atoms with Gasteiger partial charge in [0.1, 0.15) is 13.2 Å². The molecule has 0 heterocycles. The minimum Gasteiger partial charge on any atom is -0.430 e. The molecule has 0 fully saturated rings. The molecular formula is C39H54O3. The van der Waals surface area contributed by atoms with Gasteiger partial charge in [0.25, 0.3) is 0 Å². The van der Waals surface area contributed by atoms with E-state index in [9.17, 15) is 4.79 Å². The number of aryl methyl sites for hydroxylation is 2. The summed E-state index contributed by atoms with van der Waals surface area (Å²) in [7, 11) is 0. The summed E-state index contributed by atoms with van der Waals surface area (Å²) in [6.07, 6.45) is 23.0. The summed E-state index contributed by atoms with van der Waals surface area (Å²) in [5, 5.41) is 0. The predicted octanol–water partition coefficient (Wildman–Crippen LogP) is 11.2. The van der Waals surface area contributed by atoms with Crippen molar-refractivity contribution in [1.82, 2.24) is 0 Å². The van der Waals surface area contributed by atoms with Gasteiger partial charge < -0.3 is 9.47 Å². The largest absolute Gasteiger partial charge is 0.508 e. The van der Waals surface area contributed by atoms with Crippen LogP contribution in [0.3, 0.4) is 0 Å². The zero-order valence-corrected chi connectivity index (χ0v) is 26.4. The maximum Gasteiger partial charge on any atom is 0.508 e. The Balaban J connectivity index is 1.11. The lowest BCUT2D eigenvalue weighted by molar-refractivity contribution is 0.0665. The Bertz CT molecular complexity index is 1040. The molecule has 2 aromatic carbocycles. The average molecular weight is 571 g/mol. The Morgan fingerprint density at radius 1 is 0.619 bits per heavy atom. The van der Waals surface area contributed by atoms with E-state index < -0.39 is 6.16 Å². The zero-order valence-electron chi connectivity index (χ0n) is 26.4. The molecule has 0 aliphatic heterocycles. The number of hydrogen-bond acceptors (Lipinski definition) is 3. The molecule has 0 aromatic heterocycles. The Morgan fingerprint density at radius 3 is 1.40 bits per heavy atom. The predicted molar refractivity (Wildman–Crippen MR) is 175 cm³/mol. The van der Waals surface area contributed by atoms with Crippen LogP contribution in [-0.2, 0) is 22.3 Å². The molecule has 0 saturated carbocycles. The highest BCUT2D eigenvalue weighted by molar-refractivity contribution is 5.60. The standard InChI is InChI=1S/C39H54O3/c1-3-5-7-9-11-31-13-21-35(22-14-31)37-25-17-33(18-26-37)29-41-39(40)42-30-34-19-27-38(28-20-34)36-23-15-32(16-24-36)12-10-8-6-4-2/h13-17,19,21-24,37-38H,3-12,18,20,25-30H2,1-2H3. The molecule has 0 radical (unpaired) electrons. The first kappa shape index (κ1) is 32.1. The Labute approximate surface area is 255 Å². The highest BCUT2D eigenvalue weighted by atomic mass is 16.7. The van der Waals surface area contributed by atoms with E-state index in [0.29, 0.717) is 25.0 Å². The van der Waals surface area contributed by atoms with Crippen molar-refractivity contribution in [1.29, 1.82) is 0 Å². The van der Waals surface area contributed by atoms with Crippen molar-refractivity contribution < 1.29 is 14.3 Å². The van der Waals surface area contributed by atoms with E-state index in [0.717, 1.165) is 38.5 Å². The number of hydrogen-bond donors (Lipinski definition) is 0. The summed E-state index contributed by atoms with van der Waals surface area (Å²) < 4.78 is 10.9. The van der Waals surface area contributed by atoms with Crippen molar-refractivity contribution >= 4 is 6.16 Å². The fourth-order valence-corrected chi connectivity index (χ4v) is 6.41. The van der Waals surface area contributed by atoms with Crippen molar-refractivity contribution in [2.24, 2.45) is 0 Å². The molecule has 2 atom stereocenters. The second kappa shape index (κ2) is 18.0. The summed E-state index contributed by atoms with van der Waals surface area (Å²) in [4.78, 5) is 12.3. The molecule has 3 nitrogen and oxygen atoms in total. The maximum absolute atomic E-state index is 12.3. The van der Waals surface area contributed by atoms with E-state index in [1.165, 1.54) is 97.6 Å². The molecule has 0 amide bonds. The number of benzene rings is 2. The Kier molecular flexibility index (Phi) is 13.8. The monoisotopic (exact) mass is 570 g/mol. The van der Waals surface area contributed by atoms with Gasteiger partial charge >= 0.3 is 6.16 Å². The normalized spacial score (nSPS) is 18.7. The van der Waals surface area contributed by atoms with Crippen LogP contribution in [0.2, 0.25) is 0 Å². The third-order valence-corrected chi connectivity index (χ3v) is 9.30. The lowest BCUT2D eigenvalue weighted by atomic mass is 9.84. The first-order valence-electron chi connectivity index (χ1n) is 17.0. The summed E-state index contributed by atoms with van der Waals surface area (Å²) in [5.41, 5.74) is 8.19. The van der Waals surface area contributed by atoms with Crippen LogP contribution in [0.5, 0.6) is 0 Å². The van der Waals surface area contributed by atoms with Crippen LogP contribution in [0.1, 0.15) is 138 Å². The molecule has 2 aliphatic carbocycles. The zero-order chi connectivity index (χ0) is 29.4. The number of ether oxygens (including phenoxy) is 2. The van der Waals surface area contributed by atoms with Crippen LogP contribution in [0.25, 0.3) is 0 Å². The van der Waals surface area contributed by atoms with E-state index in [1.54, 1.807) is 0 Å². The van der Waals surface area contributed by atoms with E-state index in [2.05, 4.69) is 74.5 Å². The average Bonchev–Trinajstić information content (AvgIpc) is 3.04. The smallest absolute Gasteiger partial charge is 0.430 e. The van der Waals surface area contributed by atoms with Gasteiger partial charge in [-0.2, -0.15) is 0 Å². The van der Waals surface area contributed by atoms with E-state index in [1.807, 2.05) is 0 Å². The second-order valence-electron chi connectivity index (χ2n) is 12.6. The van der Waals surface area contributed by atoms with Crippen LogP contribution < -0.4 is 0 Å². The third kappa shape index (κ3) is 10.8. The SMILES string of the molecule is CCCCCCc1ccc(C2CC=C(COC(=O)OCC3=CCC(c4ccc(CCCCCC)cc4)CC3)CC2)cc1. The van der Waals surface area contributed by atoms with Crippen molar-refractivity contribution in [2.45, 2.75) is 128 Å². The van der Waals surface area contributed by atoms with Gasteiger partial charge in [-0.3, -0.25) is 0 Å². The molecule has 3 heteroatoms. The van der Waals surface area contributed by atoms with Gasteiger partial charge in [-0.25, -0.2) is 4.79 Å². The molecule has 0 saturated heterocycles. The van der Waals surface area contributed by atoms with Crippen LogP contribution in [0.4, 0.5) is 4.79 Å². The van der Waals surface area contributed by atoms with Gasteiger partial charge in [-0.05, 0) is 109 Å². The summed E-state index contributed by atoms with van der Waals surface area (Å²) in [5.74, 6) is 1.12. The number of unbranched alkanes of at least 4 members (excludes halogenated alkanes) is 6. The van der Waals surface area contributed by atoms with Crippen molar-refractivity contribution in [3.05, 3.63) is 94.1 Å². The highest BCUT2D eigenvalue weighted by Crippen LogP contribution is 2.34. The van der Waals surface area contributed by atoms with Gasteiger partial charge in [0.2, 0.25) is 0 Å². The van der Waals surface area contributed by atoms with E-state index >= 15 is 0 Å². The first-order valence-corrected chi connectivity index (χ1v) is 17.0. The summed E-state index contributed by atoms with van der Waals surface area (Å²) in [6, 6.07) is 18.5. The lowest BCUT2D eigenvalue weighted by Crippen LogP contribution is -2.15. The highest BCUT2D eigenvalue weighted by Gasteiger charge is 2.19. The maximum atomic E-state index is 12.3. The van der Waals surface area contributed by atoms with Gasteiger partial charge in [0.05, 0.1) is 0 Å². The second-order valence-corrected chi connectivity index (χ2v) is 12.6. The number of allylic oxidation sites excluding steroid dienone is 2. The lowest BCUT2D eigenvalue weighted by Gasteiger charge is -2.23. The third-order valence-electron chi connectivity index (χ3n) is 9.30. The Hall–Kier alpha value is -2.81. The fourth-order valence-electron chi connectivity index (χ4n) is 6.41. The molecule has 4 rings (SSSR count). The molecule has 228 valence electrons. The number of rotatable bonds is 16. The van der Waals surface area contributed by atoms with Crippen LogP contribution >= 0.6 is 0 Å². The van der Waals surface area contributed by atoms with Crippen LogP contribution in [0, 0.1) is 0 Å². The number of carbonyl (C=O) groups is 1. The molecule has 2 aromatic rings.